The fourth-order valence-electron chi connectivity index (χ4n) is 4.26. The summed E-state index contributed by atoms with van der Waals surface area (Å²) >= 11 is 3.29. The van der Waals surface area contributed by atoms with Crippen molar-refractivity contribution in [1.29, 1.82) is 5.26 Å². The Balaban J connectivity index is 1.93. The van der Waals surface area contributed by atoms with Crippen LogP contribution in [-0.4, -0.2) is 28.3 Å². The van der Waals surface area contributed by atoms with E-state index in [2.05, 4.69) is 42.5 Å². The molecule has 7 heteroatoms. The zero-order valence-corrected chi connectivity index (χ0v) is 14.7. The number of hydrogen-bond donors (Lipinski definition) is 2. The van der Waals surface area contributed by atoms with Gasteiger partial charge in [-0.3, -0.25) is 0 Å². The van der Waals surface area contributed by atoms with E-state index in [1.54, 1.807) is 6.20 Å². The summed E-state index contributed by atoms with van der Waals surface area (Å²) in [5.41, 5.74) is 8.93. The molecule has 6 nitrogen and oxygen atoms in total. The topological polar surface area (TPSA) is 101 Å². The van der Waals surface area contributed by atoms with Gasteiger partial charge in [-0.1, -0.05) is 6.07 Å². The molecule has 24 heavy (non-hydrogen) atoms. The van der Waals surface area contributed by atoms with Crippen molar-refractivity contribution in [1.82, 2.24) is 20.5 Å². The second kappa shape index (κ2) is 5.59. The summed E-state index contributed by atoms with van der Waals surface area (Å²) in [6, 6.07) is 7.97. The quantitative estimate of drug-likeness (QED) is 0.774. The van der Waals surface area contributed by atoms with Gasteiger partial charge in [0.25, 0.3) is 0 Å². The minimum Gasteiger partial charge on any atom is -0.317 e. The number of nitrogens with zero attached hydrogens (tertiary/aromatic N) is 4. The molecule has 1 atom stereocenters. The van der Waals surface area contributed by atoms with Crippen LogP contribution in [0.1, 0.15) is 35.4 Å². The summed E-state index contributed by atoms with van der Waals surface area (Å²) in [4.78, 5) is 4.49. The minimum absolute atomic E-state index is 0.149. The van der Waals surface area contributed by atoms with Crippen molar-refractivity contribution in [2.45, 2.75) is 24.8 Å². The maximum absolute atomic E-state index is 9.22. The summed E-state index contributed by atoms with van der Waals surface area (Å²) in [6.07, 6.45) is 4.38. The van der Waals surface area contributed by atoms with Gasteiger partial charge >= 0.3 is 0 Å². The van der Waals surface area contributed by atoms with Crippen molar-refractivity contribution in [3.05, 3.63) is 51.5 Å². The monoisotopic (exact) mass is 384 g/mol. The molecule has 0 saturated carbocycles. The summed E-state index contributed by atoms with van der Waals surface area (Å²) in [5.74, 6) is 0.552. The van der Waals surface area contributed by atoms with Crippen LogP contribution in [0.15, 0.2) is 29.0 Å². The zero-order chi connectivity index (χ0) is 16.8. The van der Waals surface area contributed by atoms with E-state index in [0.29, 0.717) is 16.0 Å². The van der Waals surface area contributed by atoms with Crippen molar-refractivity contribution in [3.8, 4) is 6.07 Å². The molecule has 1 saturated heterocycles. The van der Waals surface area contributed by atoms with Crippen molar-refractivity contribution < 1.29 is 0 Å². The lowest BCUT2D eigenvalue weighted by Crippen LogP contribution is -2.56. The molecule has 1 aromatic heterocycles. The van der Waals surface area contributed by atoms with Crippen LogP contribution in [0.2, 0.25) is 0 Å². The third kappa shape index (κ3) is 2.10. The van der Waals surface area contributed by atoms with Gasteiger partial charge < -0.3 is 11.1 Å². The molecular formula is C17H17BrN6. The van der Waals surface area contributed by atoms with E-state index in [0.717, 1.165) is 43.5 Å². The number of hydrogen-bond acceptors (Lipinski definition) is 6. The van der Waals surface area contributed by atoms with Crippen LogP contribution in [0.25, 0.3) is 0 Å². The number of fused-ring (bicyclic) bond motifs is 1. The van der Waals surface area contributed by atoms with Gasteiger partial charge in [0.2, 0.25) is 0 Å². The van der Waals surface area contributed by atoms with Crippen molar-refractivity contribution in [2.75, 3.05) is 13.1 Å². The standard InChI is InChI=1S/C17H17BrN6/c18-14-10-22-15(24-23-14)17(20)13-2-1-11(9-19)7-12(13)8-16(17)3-5-21-6-4-16/h1-2,7,10,21H,3-6,8,20H2/t17-/m0/s1. The van der Waals surface area contributed by atoms with Gasteiger partial charge in [0.1, 0.15) is 10.1 Å². The van der Waals surface area contributed by atoms with E-state index < -0.39 is 5.54 Å². The van der Waals surface area contributed by atoms with Gasteiger partial charge in [0.15, 0.2) is 5.82 Å². The first-order valence-electron chi connectivity index (χ1n) is 7.98. The number of halogens is 1. The summed E-state index contributed by atoms with van der Waals surface area (Å²) in [6.45, 7) is 1.84. The first-order chi connectivity index (χ1) is 11.6. The highest BCUT2D eigenvalue weighted by molar-refractivity contribution is 9.10. The predicted molar refractivity (Wildman–Crippen MR) is 91.9 cm³/mol. The fraction of sp³-hybridized carbons (Fsp3) is 0.412. The van der Waals surface area contributed by atoms with Crippen LogP contribution in [0.5, 0.6) is 0 Å². The Bertz CT molecular complexity index is 822. The first kappa shape index (κ1) is 15.6. The second-order valence-electron chi connectivity index (χ2n) is 6.60. The van der Waals surface area contributed by atoms with Crippen LogP contribution in [0.4, 0.5) is 0 Å². The Morgan fingerprint density at radius 3 is 2.71 bits per heavy atom. The summed E-state index contributed by atoms with van der Waals surface area (Å²) < 4.78 is 0.590. The Morgan fingerprint density at radius 1 is 1.25 bits per heavy atom. The smallest absolute Gasteiger partial charge is 0.176 e. The number of rotatable bonds is 1. The molecule has 0 unspecified atom stereocenters. The molecule has 0 amide bonds. The van der Waals surface area contributed by atoms with E-state index in [4.69, 9.17) is 5.73 Å². The van der Waals surface area contributed by atoms with Crippen molar-refractivity contribution >= 4 is 15.9 Å². The van der Waals surface area contributed by atoms with E-state index in [1.165, 1.54) is 0 Å². The van der Waals surface area contributed by atoms with Crippen molar-refractivity contribution in [3.63, 3.8) is 0 Å². The molecule has 3 N–H and O–H groups in total. The van der Waals surface area contributed by atoms with E-state index in [9.17, 15) is 5.26 Å². The lowest BCUT2D eigenvalue weighted by molar-refractivity contribution is 0.113. The Hall–Kier alpha value is -1.88. The summed E-state index contributed by atoms with van der Waals surface area (Å²) in [5, 5.41) is 21.0. The third-order valence-electron chi connectivity index (χ3n) is 5.47. The highest BCUT2D eigenvalue weighted by Crippen LogP contribution is 2.55. The molecule has 2 aromatic rings. The maximum Gasteiger partial charge on any atom is 0.176 e. The Kier molecular flexibility index (Phi) is 3.64. The van der Waals surface area contributed by atoms with Gasteiger partial charge in [-0.05, 0) is 71.5 Å². The number of nitrogens with one attached hydrogen (secondary N) is 1. The average molecular weight is 385 g/mol. The fourth-order valence-corrected chi connectivity index (χ4v) is 4.44. The number of nitriles is 1. The largest absolute Gasteiger partial charge is 0.317 e. The van der Waals surface area contributed by atoms with Crippen molar-refractivity contribution in [2.24, 2.45) is 11.1 Å². The average Bonchev–Trinajstić information content (AvgIpc) is 2.84. The van der Waals surface area contributed by atoms with E-state index in [1.807, 2.05) is 18.2 Å². The lowest BCUT2D eigenvalue weighted by Gasteiger charge is -2.45. The molecule has 2 aliphatic rings. The predicted octanol–water partition coefficient (Wildman–Crippen LogP) is 1.63. The van der Waals surface area contributed by atoms with Gasteiger partial charge in [0.05, 0.1) is 17.8 Å². The molecule has 4 rings (SSSR count). The maximum atomic E-state index is 9.22. The van der Waals surface area contributed by atoms with Crippen LogP contribution >= 0.6 is 15.9 Å². The van der Waals surface area contributed by atoms with E-state index in [-0.39, 0.29) is 5.41 Å². The molecule has 1 aliphatic heterocycles. The molecule has 122 valence electrons. The SMILES string of the molecule is N#Cc1ccc2c(c1)CC1(CCNCC1)[C@@]2(N)c1ncc(Br)nn1. The summed E-state index contributed by atoms with van der Waals surface area (Å²) in [7, 11) is 0. The number of benzene rings is 1. The molecule has 0 radical (unpaired) electrons. The molecular weight excluding hydrogens is 368 g/mol. The minimum atomic E-state index is -0.786. The van der Waals surface area contributed by atoms with Gasteiger partial charge in [-0.2, -0.15) is 5.26 Å². The molecule has 1 aliphatic carbocycles. The second-order valence-corrected chi connectivity index (χ2v) is 7.42. The van der Waals surface area contributed by atoms with Crippen LogP contribution in [0, 0.1) is 16.7 Å². The molecule has 1 fully saturated rings. The first-order valence-corrected chi connectivity index (χ1v) is 8.77. The van der Waals surface area contributed by atoms with Gasteiger partial charge in [-0.25, -0.2) is 4.98 Å². The van der Waals surface area contributed by atoms with Gasteiger partial charge in [-0.15, -0.1) is 10.2 Å². The third-order valence-corrected chi connectivity index (χ3v) is 5.83. The van der Waals surface area contributed by atoms with Crippen LogP contribution in [-0.2, 0) is 12.0 Å². The van der Waals surface area contributed by atoms with Crippen LogP contribution in [0.3, 0.4) is 0 Å². The Morgan fingerprint density at radius 2 is 2.04 bits per heavy atom. The van der Waals surface area contributed by atoms with E-state index >= 15 is 0 Å². The molecule has 2 heterocycles. The molecule has 1 spiro atoms. The lowest BCUT2D eigenvalue weighted by atomic mass is 9.64. The Labute approximate surface area is 148 Å². The number of nitrogens with two attached hydrogens (primary N) is 1. The van der Waals surface area contributed by atoms with Gasteiger partial charge in [0, 0.05) is 5.41 Å². The van der Waals surface area contributed by atoms with Crippen LogP contribution < -0.4 is 11.1 Å². The highest BCUT2D eigenvalue weighted by Gasteiger charge is 2.58. The highest BCUT2D eigenvalue weighted by atomic mass is 79.9. The zero-order valence-electron chi connectivity index (χ0n) is 13.1. The number of aromatic nitrogens is 3. The molecule has 1 aromatic carbocycles. The normalized spacial score (nSPS) is 24.5. The number of piperidine rings is 1. The molecule has 0 bridgehead atoms.